The van der Waals surface area contributed by atoms with Gasteiger partial charge in [-0.1, -0.05) is 45.8 Å². The molecule has 0 atom stereocenters. The maximum atomic E-state index is 12.5. The monoisotopic (exact) mass is 376 g/mol. The Balaban J connectivity index is 1.99. The quantitative estimate of drug-likeness (QED) is 0.697. The van der Waals surface area contributed by atoms with Crippen LogP contribution in [0.1, 0.15) is 5.56 Å². The number of aromatic nitrogens is 2. The second-order valence-corrected chi connectivity index (χ2v) is 7.61. The third-order valence-corrected chi connectivity index (χ3v) is 5.36. The highest BCUT2D eigenvalue weighted by Gasteiger charge is 2.18. The van der Waals surface area contributed by atoms with E-state index in [0.717, 1.165) is 19.7 Å². The number of halogens is 1. The summed E-state index contributed by atoms with van der Waals surface area (Å²) in [5, 5.41) is 4.19. The van der Waals surface area contributed by atoms with E-state index in [1.165, 1.54) is 6.20 Å². The second-order valence-electron chi connectivity index (χ2n) is 4.90. The summed E-state index contributed by atoms with van der Waals surface area (Å²) in [6, 6.07) is 16.0. The van der Waals surface area contributed by atoms with Gasteiger partial charge in [-0.05, 0) is 37.3 Å². The molecular weight excluding hydrogens is 364 g/mol. The fraction of sp³-hybridized carbons (Fsp3) is 0.0625. The van der Waals surface area contributed by atoms with Crippen LogP contribution in [0.15, 0.2) is 70.2 Å². The molecule has 0 amide bonds. The van der Waals surface area contributed by atoms with E-state index in [0.29, 0.717) is 5.69 Å². The molecule has 0 unspecified atom stereocenters. The maximum Gasteiger partial charge on any atom is 0.282 e. The standard InChI is InChI=1S/C16H13BrN2O2S/c1-12-2-8-15(9-3-12)22(20,21)19-11-10-16(18-19)13-4-6-14(17)7-5-13/h2-11H,1H3. The molecule has 0 radical (unpaired) electrons. The van der Waals surface area contributed by atoms with Crippen molar-refractivity contribution in [2.24, 2.45) is 0 Å². The van der Waals surface area contributed by atoms with Gasteiger partial charge in [-0.15, -0.1) is 0 Å². The summed E-state index contributed by atoms with van der Waals surface area (Å²) >= 11 is 3.37. The molecule has 0 aliphatic heterocycles. The van der Waals surface area contributed by atoms with Gasteiger partial charge in [0.05, 0.1) is 10.6 Å². The Labute approximate surface area is 137 Å². The Morgan fingerprint density at radius 1 is 0.955 bits per heavy atom. The van der Waals surface area contributed by atoms with Gasteiger partial charge >= 0.3 is 0 Å². The van der Waals surface area contributed by atoms with E-state index in [9.17, 15) is 8.42 Å². The fourth-order valence-corrected chi connectivity index (χ4v) is 3.41. The normalized spacial score (nSPS) is 11.5. The summed E-state index contributed by atoms with van der Waals surface area (Å²) in [6.45, 7) is 1.91. The van der Waals surface area contributed by atoms with E-state index in [1.54, 1.807) is 30.3 Å². The van der Waals surface area contributed by atoms with Crippen LogP contribution in [0.25, 0.3) is 11.3 Å². The van der Waals surface area contributed by atoms with E-state index in [-0.39, 0.29) is 4.90 Å². The molecule has 0 fully saturated rings. The molecule has 112 valence electrons. The molecule has 0 bridgehead atoms. The van der Waals surface area contributed by atoms with Gasteiger partial charge in [-0.3, -0.25) is 0 Å². The Bertz CT molecular complexity index is 898. The van der Waals surface area contributed by atoms with Gasteiger partial charge in [0.15, 0.2) is 0 Å². The summed E-state index contributed by atoms with van der Waals surface area (Å²) in [4.78, 5) is 0.226. The summed E-state index contributed by atoms with van der Waals surface area (Å²) in [5.74, 6) is 0. The van der Waals surface area contributed by atoms with Crippen molar-refractivity contribution in [3.63, 3.8) is 0 Å². The topological polar surface area (TPSA) is 52.0 Å². The number of hydrogen-bond donors (Lipinski definition) is 0. The zero-order chi connectivity index (χ0) is 15.7. The fourth-order valence-electron chi connectivity index (χ4n) is 2.03. The average Bonchev–Trinajstić information content (AvgIpc) is 2.99. The molecule has 4 nitrogen and oxygen atoms in total. The van der Waals surface area contributed by atoms with Gasteiger partial charge in [0.25, 0.3) is 10.0 Å². The Morgan fingerprint density at radius 2 is 1.59 bits per heavy atom. The van der Waals surface area contributed by atoms with Crippen LogP contribution >= 0.6 is 15.9 Å². The molecule has 1 heterocycles. The SMILES string of the molecule is Cc1ccc(S(=O)(=O)n2ccc(-c3ccc(Br)cc3)n2)cc1. The first kappa shape index (κ1) is 15.0. The van der Waals surface area contributed by atoms with Crippen LogP contribution < -0.4 is 0 Å². The first-order chi connectivity index (χ1) is 10.5. The molecule has 3 aromatic rings. The number of benzene rings is 2. The van der Waals surface area contributed by atoms with Crippen LogP contribution in [0.3, 0.4) is 0 Å². The average molecular weight is 377 g/mol. The van der Waals surface area contributed by atoms with E-state index in [2.05, 4.69) is 21.0 Å². The molecule has 0 N–H and O–H groups in total. The molecule has 1 aromatic heterocycles. The number of nitrogens with zero attached hydrogens (tertiary/aromatic N) is 2. The van der Waals surface area contributed by atoms with Gasteiger partial charge in [-0.25, -0.2) is 0 Å². The molecule has 0 saturated carbocycles. The second kappa shape index (κ2) is 5.70. The predicted molar refractivity (Wildman–Crippen MR) is 89.1 cm³/mol. The Morgan fingerprint density at radius 3 is 2.23 bits per heavy atom. The van der Waals surface area contributed by atoms with E-state index < -0.39 is 10.0 Å². The lowest BCUT2D eigenvalue weighted by Gasteiger charge is -2.04. The minimum atomic E-state index is -3.65. The Kier molecular flexibility index (Phi) is 3.88. The summed E-state index contributed by atoms with van der Waals surface area (Å²) in [6.07, 6.45) is 1.46. The molecular formula is C16H13BrN2O2S. The van der Waals surface area contributed by atoms with Crippen LogP contribution in [-0.4, -0.2) is 17.6 Å². The maximum absolute atomic E-state index is 12.5. The molecule has 2 aromatic carbocycles. The molecule has 0 spiro atoms. The van der Waals surface area contributed by atoms with Crippen molar-refractivity contribution >= 4 is 26.0 Å². The lowest BCUT2D eigenvalue weighted by atomic mass is 10.2. The van der Waals surface area contributed by atoms with Gasteiger partial charge in [0, 0.05) is 16.2 Å². The molecule has 0 saturated heterocycles. The van der Waals surface area contributed by atoms with Gasteiger partial charge in [0.1, 0.15) is 0 Å². The molecule has 3 rings (SSSR count). The smallest absolute Gasteiger partial charge is 0.199 e. The van der Waals surface area contributed by atoms with Crippen molar-refractivity contribution in [3.05, 3.63) is 70.8 Å². The van der Waals surface area contributed by atoms with Crippen LogP contribution in [0, 0.1) is 6.92 Å². The van der Waals surface area contributed by atoms with Gasteiger partial charge < -0.3 is 0 Å². The first-order valence-electron chi connectivity index (χ1n) is 6.61. The highest BCUT2D eigenvalue weighted by molar-refractivity contribution is 9.10. The van der Waals surface area contributed by atoms with Crippen LogP contribution in [0.4, 0.5) is 0 Å². The van der Waals surface area contributed by atoms with Crippen molar-refractivity contribution in [2.75, 3.05) is 0 Å². The largest absolute Gasteiger partial charge is 0.282 e. The summed E-state index contributed by atoms with van der Waals surface area (Å²) in [5.41, 5.74) is 2.49. The zero-order valence-corrected chi connectivity index (χ0v) is 14.2. The first-order valence-corrected chi connectivity index (χ1v) is 8.84. The third kappa shape index (κ3) is 2.84. The number of aryl methyl sites for hydroxylation is 1. The highest BCUT2D eigenvalue weighted by Crippen LogP contribution is 2.21. The van der Waals surface area contributed by atoms with E-state index >= 15 is 0 Å². The Hall–Kier alpha value is -1.92. The molecule has 22 heavy (non-hydrogen) atoms. The lowest BCUT2D eigenvalue weighted by Crippen LogP contribution is -2.13. The van der Waals surface area contributed by atoms with Crippen molar-refractivity contribution in [2.45, 2.75) is 11.8 Å². The number of rotatable bonds is 3. The third-order valence-electron chi connectivity index (χ3n) is 3.27. The summed E-state index contributed by atoms with van der Waals surface area (Å²) in [7, 11) is -3.65. The van der Waals surface area contributed by atoms with Gasteiger partial charge in [-0.2, -0.15) is 17.6 Å². The highest BCUT2D eigenvalue weighted by atomic mass is 79.9. The van der Waals surface area contributed by atoms with Crippen molar-refractivity contribution in [3.8, 4) is 11.3 Å². The minimum Gasteiger partial charge on any atom is -0.199 e. The van der Waals surface area contributed by atoms with E-state index in [1.807, 2.05) is 31.2 Å². The number of hydrogen-bond acceptors (Lipinski definition) is 3. The van der Waals surface area contributed by atoms with E-state index in [4.69, 9.17) is 0 Å². The zero-order valence-electron chi connectivity index (χ0n) is 11.8. The van der Waals surface area contributed by atoms with Crippen molar-refractivity contribution in [1.29, 1.82) is 0 Å². The van der Waals surface area contributed by atoms with Crippen LogP contribution in [0.2, 0.25) is 0 Å². The molecule has 0 aliphatic carbocycles. The lowest BCUT2D eigenvalue weighted by molar-refractivity contribution is 0.580. The predicted octanol–water partition coefficient (Wildman–Crippen LogP) is 3.86. The van der Waals surface area contributed by atoms with Crippen molar-refractivity contribution in [1.82, 2.24) is 9.19 Å². The van der Waals surface area contributed by atoms with Gasteiger partial charge in [0.2, 0.25) is 0 Å². The minimum absolute atomic E-state index is 0.226. The van der Waals surface area contributed by atoms with Crippen LogP contribution in [0.5, 0.6) is 0 Å². The van der Waals surface area contributed by atoms with Crippen molar-refractivity contribution < 1.29 is 8.42 Å². The summed E-state index contributed by atoms with van der Waals surface area (Å²) < 4.78 is 27.0. The van der Waals surface area contributed by atoms with Crippen LogP contribution in [-0.2, 0) is 10.0 Å². The molecule has 6 heteroatoms. The molecule has 0 aliphatic rings.